The molecule has 26 heavy (non-hydrogen) atoms. The number of aryl methyl sites for hydroxylation is 2. The molecule has 1 amide bonds. The van der Waals surface area contributed by atoms with Crippen LogP contribution in [-0.2, 0) is 14.8 Å². The molecule has 1 atom stereocenters. The number of benzene rings is 2. The zero-order valence-electron chi connectivity index (χ0n) is 15.4. The first-order chi connectivity index (χ1) is 12.1. The van der Waals surface area contributed by atoms with Gasteiger partial charge in [0, 0.05) is 11.8 Å². The number of hydrogen-bond acceptors (Lipinski definition) is 3. The molecule has 0 aliphatic rings. The molecule has 138 valence electrons. The number of amides is 1. The van der Waals surface area contributed by atoms with Crippen LogP contribution in [0.25, 0.3) is 6.08 Å². The molecule has 0 saturated carbocycles. The van der Waals surface area contributed by atoms with Crippen LogP contribution in [0, 0.1) is 13.8 Å². The van der Waals surface area contributed by atoms with E-state index >= 15 is 0 Å². The van der Waals surface area contributed by atoms with Crippen molar-refractivity contribution in [3.05, 3.63) is 70.8 Å². The van der Waals surface area contributed by atoms with Crippen molar-refractivity contribution in [1.29, 1.82) is 0 Å². The van der Waals surface area contributed by atoms with Gasteiger partial charge in [-0.2, -0.15) is 0 Å². The van der Waals surface area contributed by atoms with E-state index in [1.807, 2.05) is 39.0 Å². The summed E-state index contributed by atoms with van der Waals surface area (Å²) in [5, 5.41) is 2.88. The summed E-state index contributed by atoms with van der Waals surface area (Å²) in [6, 6.07) is 12.8. The van der Waals surface area contributed by atoms with Crippen LogP contribution in [0.4, 0.5) is 5.69 Å². The summed E-state index contributed by atoms with van der Waals surface area (Å²) in [7, 11) is -3.34. The second-order valence-corrected chi connectivity index (χ2v) is 8.17. The standard InChI is InChI=1S/C20H24N2O3S/c1-14-8-9-17(15(2)12-14)10-11-20(23)21-16(3)18-6-5-7-19(13-18)22-26(4,24)25/h5-13,16,22H,1-4H3,(H,21,23). The van der Waals surface area contributed by atoms with Crippen molar-refractivity contribution in [3.63, 3.8) is 0 Å². The second-order valence-electron chi connectivity index (χ2n) is 6.42. The predicted octanol–water partition coefficient (Wildman–Crippen LogP) is 3.57. The largest absolute Gasteiger partial charge is 0.346 e. The minimum Gasteiger partial charge on any atom is -0.346 e. The van der Waals surface area contributed by atoms with Crippen molar-refractivity contribution < 1.29 is 13.2 Å². The zero-order valence-corrected chi connectivity index (χ0v) is 16.2. The van der Waals surface area contributed by atoms with Gasteiger partial charge in [0.1, 0.15) is 0 Å². The zero-order chi connectivity index (χ0) is 19.3. The first-order valence-electron chi connectivity index (χ1n) is 8.27. The summed E-state index contributed by atoms with van der Waals surface area (Å²) in [5.74, 6) is -0.209. The van der Waals surface area contributed by atoms with Crippen LogP contribution in [0.5, 0.6) is 0 Å². The highest BCUT2D eigenvalue weighted by molar-refractivity contribution is 7.92. The van der Waals surface area contributed by atoms with Gasteiger partial charge in [-0.3, -0.25) is 9.52 Å². The summed E-state index contributed by atoms with van der Waals surface area (Å²) in [6.45, 7) is 5.89. The topological polar surface area (TPSA) is 75.3 Å². The number of rotatable bonds is 6. The average molecular weight is 372 g/mol. The van der Waals surface area contributed by atoms with Gasteiger partial charge in [-0.05, 0) is 55.7 Å². The minimum absolute atomic E-state index is 0.209. The fraction of sp³-hybridized carbons (Fsp3) is 0.250. The van der Waals surface area contributed by atoms with E-state index in [0.717, 1.165) is 22.9 Å². The van der Waals surface area contributed by atoms with E-state index in [-0.39, 0.29) is 11.9 Å². The van der Waals surface area contributed by atoms with Gasteiger partial charge in [0.15, 0.2) is 0 Å². The van der Waals surface area contributed by atoms with Crippen LogP contribution < -0.4 is 10.0 Å². The van der Waals surface area contributed by atoms with Crippen molar-refractivity contribution in [1.82, 2.24) is 5.32 Å². The Hall–Kier alpha value is -2.60. The van der Waals surface area contributed by atoms with E-state index in [2.05, 4.69) is 16.1 Å². The highest BCUT2D eigenvalue weighted by Crippen LogP contribution is 2.18. The van der Waals surface area contributed by atoms with Crippen LogP contribution >= 0.6 is 0 Å². The number of hydrogen-bond donors (Lipinski definition) is 2. The molecule has 2 N–H and O–H groups in total. The molecule has 0 aromatic heterocycles. The molecule has 0 aliphatic carbocycles. The predicted molar refractivity (Wildman–Crippen MR) is 106 cm³/mol. The SMILES string of the molecule is Cc1ccc(C=CC(=O)NC(C)c2cccc(NS(C)(=O)=O)c2)c(C)c1. The Morgan fingerprint density at radius 1 is 1.12 bits per heavy atom. The lowest BCUT2D eigenvalue weighted by atomic mass is 10.1. The molecule has 2 aromatic carbocycles. The highest BCUT2D eigenvalue weighted by atomic mass is 32.2. The maximum Gasteiger partial charge on any atom is 0.244 e. The fourth-order valence-corrected chi connectivity index (χ4v) is 3.16. The van der Waals surface area contributed by atoms with Crippen LogP contribution in [0.2, 0.25) is 0 Å². The van der Waals surface area contributed by atoms with Crippen LogP contribution in [0.3, 0.4) is 0 Å². The molecule has 0 radical (unpaired) electrons. The summed E-state index contributed by atoms with van der Waals surface area (Å²) in [5.41, 5.74) is 4.57. The van der Waals surface area contributed by atoms with Gasteiger partial charge < -0.3 is 5.32 Å². The molecule has 0 aliphatic heterocycles. The Kier molecular flexibility index (Phi) is 6.21. The molecule has 0 saturated heterocycles. The first-order valence-corrected chi connectivity index (χ1v) is 10.2. The Morgan fingerprint density at radius 3 is 2.50 bits per heavy atom. The molecule has 1 unspecified atom stereocenters. The van der Waals surface area contributed by atoms with Gasteiger partial charge in [-0.15, -0.1) is 0 Å². The Balaban J connectivity index is 2.04. The third kappa shape index (κ3) is 6.04. The van der Waals surface area contributed by atoms with E-state index < -0.39 is 10.0 Å². The van der Waals surface area contributed by atoms with Gasteiger partial charge >= 0.3 is 0 Å². The Bertz CT molecular complexity index is 934. The Labute approximate surface area is 155 Å². The fourth-order valence-electron chi connectivity index (χ4n) is 2.61. The molecular formula is C20H24N2O3S. The van der Waals surface area contributed by atoms with E-state index in [1.54, 1.807) is 24.3 Å². The minimum atomic E-state index is -3.34. The van der Waals surface area contributed by atoms with Crippen molar-refractivity contribution in [2.75, 3.05) is 11.0 Å². The summed E-state index contributed by atoms with van der Waals surface area (Å²) >= 11 is 0. The van der Waals surface area contributed by atoms with Crippen molar-refractivity contribution >= 4 is 27.7 Å². The normalized spacial score (nSPS) is 12.8. The van der Waals surface area contributed by atoms with Crippen LogP contribution in [-0.4, -0.2) is 20.6 Å². The van der Waals surface area contributed by atoms with E-state index in [4.69, 9.17) is 0 Å². The van der Waals surface area contributed by atoms with Gasteiger partial charge in [0.25, 0.3) is 0 Å². The lowest BCUT2D eigenvalue weighted by Crippen LogP contribution is -2.24. The smallest absolute Gasteiger partial charge is 0.244 e. The van der Waals surface area contributed by atoms with E-state index in [1.165, 1.54) is 11.6 Å². The van der Waals surface area contributed by atoms with E-state index in [0.29, 0.717) is 5.69 Å². The number of carbonyl (C=O) groups excluding carboxylic acids is 1. The van der Waals surface area contributed by atoms with Crippen molar-refractivity contribution in [2.24, 2.45) is 0 Å². The number of nitrogens with one attached hydrogen (secondary N) is 2. The van der Waals surface area contributed by atoms with Gasteiger partial charge in [0.05, 0.1) is 12.3 Å². The lowest BCUT2D eigenvalue weighted by Gasteiger charge is -2.14. The molecule has 0 heterocycles. The molecule has 6 heteroatoms. The quantitative estimate of drug-likeness (QED) is 0.761. The van der Waals surface area contributed by atoms with Crippen LogP contribution in [0.1, 0.15) is 35.2 Å². The summed E-state index contributed by atoms with van der Waals surface area (Å²) < 4.78 is 25.1. The lowest BCUT2D eigenvalue weighted by molar-refractivity contribution is -0.117. The monoisotopic (exact) mass is 372 g/mol. The first kappa shape index (κ1) is 19.7. The number of carbonyl (C=O) groups is 1. The molecule has 0 fully saturated rings. The van der Waals surface area contributed by atoms with Crippen molar-refractivity contribution in [2.45, 2.75) is 26.8 Å². The van der Waals surface area contributed by atoms with Gasteiger partial charge in [-0.25, -0.2) is 8.42 Å². The molecule has 2 rings (SSSR count). The average Bonchev–Trinajstić information content (AvgIpc) is 2.52. The maximum absolute atomic E-state index is 12.2. The third-order valence-electron chi connectivity index (χ3n) is 3.89. The highest BCUT2D eigenvalue weighted by Gasteiger charge is 2.09. The third-order valence-corrected chi connectivity index (χ3v) is 4.49. The molecular weight excluding hydrogens is 348 g/mol. The van der Waals surface area contributed by atoms with E-state index in [9.17, 15) is 13.2 Å². The van der Waals surface area contributed by atoms with Crippen LogP contribution in [0.15, 0.2) is 48.5 Å². The van der Waals surface area contributed by atoms with Gasteiger partial charge in [0.2, 0.25) is 15.9 Å². The summed E-state index contributed by atoms with van der Waals surface area (Å²) in [6.07, 6.45) is 4.40. The number of sulfonamides is 1. The summed E-state index contributed by atoms with van der Waals surface area (Å²) in [4.78, 5) is 12.2. The Morgan fingerprint density at radius 2 is 1.85 bits per heavy atom. The molecule has 2 aromatic rings. The maximum atomic E-state index is 12.2. The second kappa shape index (κ2) is 8.19. The molecule has 0 spiro atoms. The molecule has 5 nitrogen and oxygen atoms in total. The number of anilines is 1. The molecule has 0 bridgehead atoms. The van der Waals surface area contributed by atoms with Gasteiger partial charge in [-0.1, -0.05) is 35.9 Å². The van der Waals surface area contributed by atoms with Crippen molar-refractivity contribution in [3.8, 4) is 0 Å².